The predicted molar refractivity (Wildman–Crippen MR) is 54.1 cm³/mol. The molecule has 12 nitrogen and oxygen atoms in total. The van der Waals surface area contributed by atoms with E-state index in [4.69, 9.17) is 0 Å². The zero-order valence-corrected chi connectivity index (χ0v) is 10.1. The van der Waals surface area contributed by atoms with Crippen molar-refractivity contribution in [2.75, 3.05) is 0 Å². The third-order valence-corrected chi connectivity index (χ3v) is 3.33. The molecule has 0 radical (unpaired) electrons. The zero-order chi connectivity index (χ0) is 16.4. The van der Waals surface area contributed by atoms with Crippen LogP contribution < -0.4 is 0 Å². The number of hydrogen-bond donors (Lipinski definition) is 4. The van der Waals surface area contributed by atoms with Gasteiger partial charge >= 0.3 is 23.9 Å². The minimum atomic E-state index is -2.98. The summed E-state index contributed by atoms with van der Waals surface area (Å²) < 4.78 is 8.71. The Morgan fingerprint density at radius 3 is 1.18 bits per heavy atom. The maximum Gasteiger partial charge on any atom is 0.352 e. The molecule has 1 aromatic heterocycles. The minimum absolute atomic E-state index is 0.809. The Hall–Kier alpha value is -3.12. The number of carbonyl (C=O) groups is 4. The van der Waals surface area contributed by atoms with E-state index in [9.17, 15) is 39.6 Å². The molecule has 22 heavy (non-hydrogen) atoms. The molecule has 12 heteroatoms. The molecule has 0 amide bonds. The van der Waals surface area contributed by atoms with E-state index in [0.29, 0.717) is 0 Å². The van der Waals surface area contributed by atoms with Crippen LogP contribution in [-0.2, 0) is 40.2 Å². The van der Waals surface area contributed by atoms with Crippen molar-refractivity contribution in [2.45, 2.75) is 11.2 Å². The van der Waals surface area contributed by atoms with Gasteiger partial charge in [-0.2, -0.15) is 0 Å². The fraction of sp³-hybridized carbons (Fsp3) is 0.200. The van der Waals surface area contributed by atoms with Crippen LogP contribution in [0.4, 0.5) is 0 Å². The van der Waals surface area contributed by atoms with Gasteiger partial charge < -0.3 is 20.4 Å². The fourth-order valence-corrected chi connectivity index (χ4v) is 2.42. The highest BCUT2D eigenvalue weighted by Gasteiger charge is 2.76. The molecular formula is C10H4O12. The monoisotopic (exact) mass is 316 g/mol. The Labute approximate surface area is 117 Å². The third kappa shape index (κ3) is 1.15. The lowest BCUT2D eigenvalue weighted by Gasteiger charge is -2.45. The number of carboxylic acids is 4. The standard InChI is InChI=1S/C10H4O12/c11-5(12)1-2(6(13)14)10(8(17)18)4-3(19-20-4)9(1,7(15)16)21-22-10/h(H,11,12)(H,13,14)(H,15,16)(H,17,18). The van der Waals surface area contributed by atoms with E-state index in [1.54, 1.807) is 0 Å². The van der Waals surface area contributed by atoms with Crippen LogP contribution in [0.25, 0.3) is 0 Å². The average molecular weight is 316 g/mol. The zero-order valence-electron chi connectivity index (χ0n) is 10.1. The summed E-state index contributed by atoms with van der Waals surface area (Å²) in [6.45, 7) is 0. The van der Waals surface area contributed by atoms with E-state index in [1.165, 1.54) is 0 Å². The lowest BCUT2D eigenvalue weighted by Crippen LogP contribution is -2.62. The Morgan fingerprint density at radius 2 is 1.00 bits per heavy atom. The molecule has 4 N–H and O–H groups in total. The maximum absolute atomic E-state index is 11.5. The van der Waals surface area contributed by atoms with Gasteiger partial charge in [0.1, 0.15) is 11.1 Å². The second-order valence-corrected chi connectivity index (χ2v) is 4.32. The second-order valence-electron chi connectivity index (χ2n) is 4.32. The summed E-state index contributed by atoms with van der Waals surface area (Å²) in [5.41, 5.74) is -8.68. The Kier molecular flexibility index (Phi) is 2.36. The second kappa shape index (κ2) is 3.75. The molecular weight excluding hydrogens is 312 g/mol. The van der Waals surface area contributed by atoms with Crippen LogP contribution in [0.2, 0.25) is 0 Å². The Bertz CT molecular complexity index is 713. The highest BCUT2D eigenvalue weighted by atomic mass is 17.2. The van der Waals surface area contributed by atoms with Crippen molar-refractivity contribution in [2.24, 2.45) is 0 Å². The third-order valence-electron chi connectivity index (χ3n) is 3.33. The number of fused-ring (bicyclic) bond motifs is 1. The van der Waals surface area contributed by atoms with E-state index in [1.807, 2.05) is 0 Å². The normalized spacial score (nSPS) is 29.3. The fourth-order valence-electron chi connectivity index (χ4n) is 2.42. The van der Waals surface area contributed by atoms with E-state index in [2.05, 4.69) is 18.9 Å². The molecule has 0 saturated carbocycles. The smallest absolute Gasteiger partial charge is 0.352 e. The molecule has 2 atom stereocenters. The molecule has 4 rings (SSSR count). The quantitative estimate of drug-likeness (QED) is 0.489. The lowest BCUT2D eigenvalue weighted by molar-refractivity contribution is -0.433. The molecule has 2 bridgehead atoms. The summed E-state index contributed by atoms with van der Waals surface area (Å²) in [6, 6.07) is 0. The molecule has 3 aliphatic rings. The lowest BCUT2D eigenvalue weighted by atomic mass is 9.71. The number of rotatable bonds is 4. The van der Waals surface area contributed by atoms with Crippen LogP contribution >= 0.6 is 0 Å². The first-order valence-corrected chi connectivity index (χ1v) is 5.36. The van der Waals surface area contributed by atoms with Crippen molar-refractivity contribution in [3.63, 3.8) is 0 Å². The first kappa shape index (κ1) is 13.8. The summed E-state index contributed by atoms with van der Waals surface area (Å²) in [7, 11) is 0. The molecule has 0 aromatic carbocycles. The largest absolute Gasteiger partial charge is 0.478 e. The van der Waals surface area contributed by atoms with Crippen molar-refractivity contribution in [3.05, 3.63) is 22.7 Å². The number of aliphatic carboxylic acids is 4. The van der Waals surface area contributed by atoms with Crippen LogP contribution in [-0.4, -0.2) is 44.3 Å². The topological polar surface area (TPSA) is 194 Å². The minimum Gasteiger partial charge on any atom is -0.478 e. The van der Waals surface area contributed by atoms with Crippen LogP contribution in [0.15, 0.2) is 20.3 Å². The van der Waals surface area contributed by atoms with Gasteiger partial charge in [0, 0.05) is 0 Å². The molecule has 1 aromatic rings. The van der Waals surface area contributed by atoms with E-state index >= 15 is 0 Å². The SMILES string of the molecule is O=C(O)C1=C(C(=O)O)C2(C(=O)O)OOC1(C(=O)O)c1ooc12. The van der Waals surface area contributed by atoms with Gasteiger partial charge in [0.15, 0.2) is 0 Å². The van der Waals surface area contributed by atoms with Gasteiger partial charge in [-0.1, -0.05) is 0 Å². The van der Waals surface area contributed by atoms with Crippen molar-refractivity contribution in [1.82, 2.24) is 0 Å². The maximum atomic E-state index is 11.5. The van der Waals surface area contributed by atoms with Gasteiger partial charge in [-0.25, -0.2) is 29.0 Å². The highest BCUT2D eigenvalue weighted by molar-refractivity contribution is 6.12. The summed E-state index contributed by atoms with van der Waals surface area (Å²) >= 11 is 0. The van der Waals surface area contributed by atoms with E-state index < -0.39 is 57.7 Å². The molecule has 0 saturated heterocycles. The molecule has 3 heterocycles. The van der Waals surface area contributed by atoms with Crippen LogP contribution in [0.1, 0.15) is 11.5 Å². The van der Waals surface area contributed by atoms with Crippen molar-refractivity contribution in [3.8, 4) is 0 Å². The first-order valence-electron chi connectivity index (χ1n) is 5.36. The van der Waals surface area contributed by atoms with Gasteiger partial charge in [-0.3, -0.25) is 9.15 Å². The average Bonchev–Trinajstić information content (AvgIpc) is 2.36. The predicted octanol–water partition coefficient (Wildman–Crippen LogP) is -1.13. The number of carboxylic acid groups (broad SMARTS) is 4. The van der Waals surface area contributed by atoms with Crippen LogP contribution in [0.5, 0.6) is 0 Å². The van der Waals surface area contributed by atoms with Crippen molar-refractivity contribution in [1.29, 1.82) is 0 Å². The Morgan fingerprint density at radius 1 is 0.682 bits per heavy atom. The molecule has 0 fully saturated rings. The summed E-state index contributed by atoms with van der Waals surface area (Å²) in [6.07, 6.45) is 0. The van der Waals surface area contributed by atoms with Crippen LogP contribution in [0.3, 0.4) is 0 Å². The highest BCUT2D eigenvalue weighted by Crippen LogP contribution is 2.58. The molecule has 116 valence electrons. The molecule has 0 spiro atoms. The molecule has 2 unspecified atom stereocenters. The first-order chi connectivity index (χ1) is 10.2. The number of hydrogen-bond acceptors (Lipinski definition) is 8. The van der Waals surface area contributed by atoms with Gasteiger partial charge in [-0.15, -0.1) is 0 Å². The van der Waals surface area contributed by atoms with Crippen molar-refractivity contribution < 1.29 is 58.5 Å². The van der Waals surface area contributed by atoms with Gasteiger partial charge in [0.05, 0.1) is 0 Å². The van der Waals surface area contributed by atoms with E-state index in [-0.39, 0.29) is 0 Å². The summed E-state index contributed by atoms with van der Waals surface area (Å²) in [4.78, 5) is 54.6. The molecule has 2 aliphatic heterocycles. The summed E-state index contributed by atoms with van der Waals surface area (Å²) in [5.74, 6) is -9.66. The molecule has 1 aliphatic carbocycles. The van der Waals surface area contributed by atoms with Gasteiger partial charge in [0.2, 0.25) is 0 Å². The van der Waals surface area contributed by atoms with Gasteiger partial charge in [0.25, 0.3) is 22.7 Å². The van der Waals surface area contributed by atoms with E-state index in [0.717, 1.165) is 0 Å². The summed E-state index contributed by atoms with van der Waals surface area (Å²) in [5, 5.41) is 36.9. The Balaban J connectivity index is 2.50. The van der Waals surface area contributed by atoms with Crippen LogP contribution in [0, 0.1) is 0 Å². The van der Waals surface area contributed by atoms with Crippen molar-refractivity contribution >= 4 is 23.9 Å². The van der Waals surface area contributed by atoms with Gasteiger partial charge in [-0.05, 0) is 0 Å².